The average Bonchev–Trinajstić information content (AvgIpc) is 2.79. The van der Waals surface area contributed by atoms with Gasteiger partial charge in [-0.25, -0.2) is 0 Å². The largest absolute Gasteiger partial charge is 0.481 e. The predicted molar refractivity (Wildman–Crippen MR) is 70.4 cm³/mol. The lowest BCUT2D eigenvalue weighted by Crippen LogP contribution is -2.35. The summed E-state index contributed by atoms with van der Waals surface area (Å²) < 4.78 is 5.20. The Balaban J connectivity index is 2.81. The molecule has 1 heterocycles. The monoisotopic (exact) mass is 265 g/mol. The molecule has 0 saturated carbocycles. The van der Waals surface area contributed by atoms with Crippen molar-refractivity contribution >= 4 is 11.9 Å². The molecule has 1 unspecified atom stereocenters. The maximum absolute atomic E-state index is 12.1. The zero-order valence-electron chi connectivity index (χ0n) is 11.4. The molecule has 104 valence electrons. The third kappa shape index (κ3) is 4.99. The van der Waals surface area contributed by atoms with Crippen LogP contribution < -0.4 is 0 Å². The van der Waals surface area contributed by atoms with Crippen LogP contribution in [-0.2, 0) is 16.1 Å². The van der Waals surface area contributed by atoms with Crippen molar-refractivity contribution in [1.29, 1.82) is 0 Å². The van der Waals surface area contributed by atoms with Crippen molar-refractivity contribution in [3.8, 4) is 0 Å². The van der Waals surface area contributed by atoms with Crippen LogP contribution in [0.15, 0.2) is 34.5 Å². The molecule has 1 aromatic heterocycles. The lowest BCUT2D eigenvalue weighted by Gasteiger charge is -2.22. The van der Waals surface area contributed by atoms with Crippen molar-refractivity contribution in [3.63, 3.8) is 0 Å². The highest BCUT2D eigenvalue weighted by Crippen LogP contribution is 2.10. The van der Waals surface area contributed by atoms with Crippen LogP contribution in [0.4, 0.5) is 0 Å². The number of allylic oxidation sites excluding steroid dienone is 1. The van der Waals surface area contributed by atoms with Crippen LogP contribution in [0.2, 0.25) is 0 Å². The Morgan fingerprint density at radius 1 is 1.47 bits per heavy atom. The van der Waals surface area contributed by atoms with Gasteiger partial charge in [-0.3, -0.25) is 9.59 Å². The van der Waals surface area contributed by atoms with Gasteiger partial charge in [-0.15, -0.1) is 0 Å². The Morgan fingerprint density at radius 3 is 2.63 bits per heavy atom. The highest BCUT2D eigenvalue weighted by atomic mass is 16.4. The van der Waals surface area contributed by atoms with Crippen LogP contribution in [0.1, 0.15) is 26.5 Å². The van der Waals surface area contributed by atoms with Gasteiger partial charge in [-0.1, -0.05) is 12.5 Å². The van der Waals surface area contributed by atoms with Gasteiger partial charge in [0.05, 0.1) is 18.7 Å². The average molecular weight is 265 g/mol. The zero-order chi connectivity index (χ0) is 14.4. The molecule has 1 atom stereocenters. The van der Waals surface area contributed by atoms with Crippen LogP contribution in [0.5, 0.6) is 0 Å². The Morgan fingerprint density at radius 2 is 2.16 bits per heavy atom. The number of rotatable bonds is 6. The highest BCUT2D eigenvalue weighted by Gasteiger charge is 2.20. The van der Waals surface area contributed by atoms with Gasteiger partial charge in [0.1, 0.15) is 5.76 Å². The van der Waals surface area contributed by atoms with Crippen LogP contribution in [0, 0.1) is 5.92 Å². The van der Waals surface area contributed by atoms with E-state index in [0.717, 1.165) is 5.57 Å². The van der Waals surface area contributed by atoms with Gasteiger partial charge in [0.2, 0.25) is 5.91 Å². The van der Waals surface area contributed by atoms with Gasteiger partial charge in [0.25, 0.3) is 0 Å². The molecule has 0 radical (unpaired) electrons. The summed E-state index contributed by atoms with van der Waals surface area (Å²) in [6, 6.07) is 3.49. The zero-order valence-corrected chi connectivity index (χ0v) is 11.4. The van der Waals surface area contributed by atoms with Crippen LogP contribution in [-0.4, -0.2) is 28.4 Å². The predicted octanol–water partition coefficient (Wildman–Crippen LogP) is 2.30. The first-order chi connectivity index (χ1) is 8.90. The molecule has 5 heteroatoms. The van der Waals surface area contributed by atoms with E-state index in [9.17, 15) is 9.59 Å². The van der Waals surface area contributed by atoms with Crippen LogP contribution in [0.25, 0.3) is 0 Å². The maximum atomic E-state index is 12.1. The summed E-state index contributed by atoms with van der Waals surface area (Å²) in [4.78, 5) is 24.4. The first kappa shape index (κ1) is 15.0. The minimum absolute atomic E-state index is 0.151. The van der Waals surface area contributed by atoms with Crippen molar-refractivity contribution in [2.24, 2.45) is 5.92 Å². The fourth-order valence-corrected chi connectivity index (χ4v) is 1.57. The van der Waals surface area contributed by atoms with E-state index in [1.165, 1.54) is 17.2 Å². The van der Waals surface area contributed by atoms with Crippen molar-refractivity contribution in [2.45, 2.75) is 27.3 Å². The molecule has 5 nitrogen and oxygen atoms in total. The van der Waals surface area contributed by atoms with Crippen molar-refractivity contribution in [2.75, 3.05) is 6.54 Å². The van der Waals surface area contributed by atoms with E-state index in [4.69, 9.17) is 9.52 Å². The molecule has 0 spiro atoms. The highest BCUT2D eigenvalue weighted by molar-refractivity contribution is 5.88. The van der Waals surface area contributed by atoms with Crippen molar-refractivity contribution in [1.82, 2.24) is 4.90 Å². The molecule has 1 N–H and O–H groups in total. The van der Waals surface area contributed by atoms with E-state index in [2.05, 4.69) is 0 Å². The fraction of sp³-hybridized carbons (Fsp3) is 0.429. The normalized spacial score (nSPS) is 11.7. The third-order valence-electron chi connectivity index (χ3n) is 2.57. The molecule has 0 aliphatic carbocycles. The second-order valence-electron chi connectivity index (χ2n) is 4.76. The van der Waals surface area contributed by atoms with Crippen molar-refractivity contribution < 1.29 is 19.1 Å². The molecule has 0 saturated heterocycles. The van der Waals surface area contributed by atoms with E-state index >= 15 is 0 Å². The number of hydrogen-bond donors (Lipinski definition) is 1. The molecule has 0 aliphatic heterocycles. The van der Waals surface area contributed by atoms with E-state index in [1.807, 2.05) is 13.8 Å². The quantitative estimate of drug-likeness (QED) is 0.801. The summed E-state index contributed by atoms with van der Waals surface area (Å²) in [6.07, 6.45) is 3.02. The van der Waals surface area contributed by atoms with E-state index in [0.29, 0.717) is 5.76 Å². The molecule has 0 aliphatic rings. The maximum Gasteiger partial charge on any atom is 0.308 e. The van der Waals surface area contributed by atoms with Crippen LogP contribution in [0.3, 0.4) is 0 Å². The molecule has 0 fully saturated rings. The molecule has 1 rings (SSSR count). The second kappa shape index (κ2) is 6.78. The van der Waals surface area contributed by atoms with Gasteiger partial charge in [0, 0.05) is 12.6 Å². The van der Waals surface area contributed by atoms with Gasteiger partial charge in [-0.05, 0) is 26.0 Å². The molecule has 19 heavy (non-hydrogen) atoms. The van der Waals surface area contributed by atoms with Gasteiger partial charge in [-0.2, -0.15) is 0 Å². The first-order valence-corrected chi connectivity index (χ1v) is 6.09. The molecular formula is C14H19NO4. The topological polar surface area (TPSA) is 70.8 Å². The number of hydrogen-bond acceptors (Lipinski definition) is 3. The second-order valence-corrected chi connectivity index (χ2v) is 4.76. The summed E-state index contributed by atoms with van der Waals surface area (Å²) in [6.45, 7) is 5.65. The molecule has 0 aromatic carbocycles. The Kier molecular flexibility index (Phi) is 5.36. The van der Waals surface area contributed by atoms with E-state index in [1.54, 1.807) is 19.1 Å². The molecule has 1 amide bonds. The number of carbonyl (C=O) groups excluding carboxylic acids is 1. The summed E-state index contributed by atoms with van der Waals surface area (Å²) in [5.74, 6) is -1.11. The summed E-state index contributed by atoms with van der Waals surface area (Å²) in [5.41, 5.74) is 0.873. The smallest absolute Gasteiger partial charge is 0.308 e. The molecule has 1 aromatic rings. The standard InChI is InChI=1S/C14H19NO4/c1-10(2)7-13(16)15(8-11(3)14(17)18)9-12-5-4-6-19-12/h4-7,11H,8-9H2,1-3H3,(H,17,18). The number of nitrogens with zero attached hydrogens (tertiary/aromatic N) is 1. The number of carbonyl (C=O) groups is 2. The van der Waals surface area contributed by atoms with E-state index < -0.39 is 11.9 Å². The summed E-state index contributed by atoms with van der Waals surface area (Å²) in [5, 5.41) is 8.94. The van der Waals surface area contributed by atoms with Gasteiger partial charge >= 0.3 is 5.97 Å². The molecular weight excluding hydrogens is 246 g/mol. The Labute approximate surface area is 112 Å². The SMILES string of the molecule is CC(C)=CC(=O)N(Cc1ccco1)CC(C)C(=O)O. The number of carboxylic acid groups (broad SMARTS) is 1. The number of aliphatic carboxylic acids is 1. The van der Waals surface area contributed by atoms with Gasteiger partial charge < -0.3 is 14.4 Å². The Hall–Kier alpha value is -2.04. The van der Waals surface area contributed by atoms with Crippen LogP contribution >= 0.6 is 0 Å². The lowest BCUT2D eigenvalue weighted by atomic mass is 10.1. The molecule has 0 bridgehead atoms. The summed E-state index contributed by atoms with van der Waals surface area (Å²) in [7, 11) is 0. The Bertz CT molecular complexity index is 458. The lowest BCUT2D eigenvalue weighted by molar-refractivity contribution is -0.142. The minimum Gasteiger partial charge on any atom is -0.481 e. The first-order valence-electron chi connectivity index (χ1n) is 6.09. The fourth-order valence-electron chi connectivity index (χ4n) is 1.57. The minimum atomic E-state index is -0.922. The van der Waals surface area contributed by atoms with E-state index in [-0.39, 0.29) is 19.0 Å². The third-order valence-corrected chi connectivity index (χ3v) is 2.57. The van der Waals surface area contributed by atoms with Crippen molar-refractivity contribution in [3.05, 3.63) is 35.8 Å². The number of carboxylic acids is 1. The van der Waals surface area contributed by atoms with Gasteiger partial charge in [0.15, 0.2) is 0 Å². The number of furan rings is 1. The summed E-state index contributed by atoms with van der Waals surface area (Å²) >= 11 is 0. The number of amides is 1.